The van der Waals surface area contributed by atoms with Gasteiger partial charge in [-0.05, 0) is 89.9 Å². The molecule has 0 saturated carbocycles. The fourth-order valence-electron chi connectivity index (χ4n) is 6.72. The molecule has 2 N–H and O–H groups in total. The number of fused-ring (bicyclic) bond motifs is 4. The lowest BCUT2D eigenvalue weighted by Crippen LogP contribution is -2.40. The Kier molecular flexibility index (Phi) is 9.18. The summed E-state index contributed by atoms with van der Waals surface area (Å²) < 4.78 is 22.6. The molecule has 0 fully saturated rings. The van der Waals surface area contributed by atoms with Crippen molar-refractivity contribution in [1.29, 1.82) is 0 Å². The molecule has 3 aromatic carbocycles. The SMILES string of the molecule is CO.COc1cc2c(cc1OC)C(CC1=C(c3ccccc3)CN3CCc4cc(OC)c(OC)cc4C3C1)NCC2. The number of methoxy groups -OCH3 is 4. The van der Waals surface area contributed by atoms with E-state index in [-0.39, 0.29) is 6.04 Å². The van der Waals surface area contributed by atoms with E-state index in [2.05, 4.69) is 64.8 Å². The first-order chi connectivity index (χ1) is 20.1. The molecule has 6 rings (SSSR count). The summed E-state index contributed by atoms with van der Waals surface area (Å²) in [6.07, 6.45) is 3.96. The van der Waals surface area contributed by atoms with E-state index in [0.717, 1.165) is 75.4 Å². The van der Waals surface area contributed by atoms with Gasteiger partial charge < -0.3 is 29.4 Å². The molecule has 0 bridgehead atoms. The van der Waals surface area contributed by atoms with Crippen LogP contribution in [0, 0.1) is 0 Å². The van der Waals surface area contributed by atoms with Gasteiger partial charge in [-0.3, -0.25) is 4.90 Å². The van der Waals surface area contributed by atoms with Gasteiger partial charge in [-0.15, -0.1) is 0 Å². The van der Waals surface area contributed by atoms with E-state index in [0.29, 0.717) is 6.04 Å². The van der Waals surface area contributed by atoms with Gasteiger partial charge in [0.2, 0.25) is 0 Å². The van der Waals surface area contributed by atoms with Crippen molar-refractivity contribution in [2.75, 3.05) is 55.2 Å². The fourth-order valence-corrected chi connectivity index (χ4v) is 6.72. The van der Waals surface area contributed by atoms with E-state index >= 15 is 0 Å². The molecular formula is C34H42N2O5. The Morgan fingerprint density at radius 2 is 1.37 bits per heavy atom. The summed E-state index contributed by atoms with van der Waals surface area (Å²) in [5.41, 5.74) is 9.70. The van der Waals surface area contributed by atoms with Gasteiger partial charge in [0.05, 0.1) is 28.4 Å². The van der Waals surface area contributed by atoms with E-state index in [1.54, 1.807) is 28.4 Å². The standard InChI is InChI=1S/C33H38N2O4.CH4O/c1-36-30-16-22-10-12-34-28(25(22)18-32(30)38-3)14-24-15-29-26-19-33(39-4)31(37-2)17-23(26)11-13-35(29)20-27(24)21-8-6-5-7-9-21;1-2/h5-9,16-19,28-29,34H,10-15,20H2,1-4H3;2H,1H3. The van der Waals surface area contributed by atoms with E-state index < -0.39 is 0 Å². The van der Waals surface area contributed by atoms with Gasteiger partial charge in [0.15, 0.2) is 23.0 Å². The molecule has 0 amide bonds. The molecule has 7 nitrogen and oxygen atoms in total. The van der Waals surface area contributed by atoms with Crippen LogP contribution >= 0.6 is 0 Å². The van der Waals surface area contributed by atoms with E-state index in [1.807, 2.05) is 0 Å². The molecule has 41 heavy (non-hydrogen) atoms. The lowest BCUT2D eigenvalue weighted by atomic mass is 9.79. The summed E-state index contributed by atoms with van der Waals surface area (Å²) >= 11 is 0. The molecule has 218 valence electrons. The van der Waals surface area contributed by atoms with Gasteiger partial charge in [-0.2, -0.15) is 0 Å². The average Bonchev–Trinajstić information content (AvgIpc) is 3.04. The highest BCUT2D eigenvalue weighted by Crippen LogP contribution is 2.47. The van der Waals surface area contributed by atoms with Gasteiger partial charge in [0.1, 0.15) is 0 Å². The number of rotatable bonds is 7. The van der Waals surface area contributed by atoms with Crippen LogP contribution in [0.3, 0.4) is 0 Å². The molecule has 0 radical (unpaired) electrons. The second-order valence-electron chi connectivity index (χ2n) is 10.7. The number of nitrogens with zero attached hydrogens (tertiary/aromatic N) is 1. The number of nitrogens with one attached hydrogen (secondary N) is 1. The van der Waals surface area contributed by atoms with Crippen LogP contribution in [0.1, 0.15) is 52.7 Å². The molecule has 0 aromatic heterocycles. The maximum absolute atomic E-state index is 7.00. The third-order valence-electron chi connectivity index (χ3n) is 8.72. The van der Waals surface area contributed by atoms with Crippen LogP contribution in [-0.2, 0) is 12.8 Å². The normalized spacial score (nSPS) is 19.7. The van der Waals surface area contributed by atoms with Crippen LogP contribution in [0.15, 0.2) is 60.2 Å². The van der Waals surface area contributed by atoms with Crippen LogP contribution in [0.5, 0.6) is 23.0 Å². The minimum atomic E-state index is 0.224. The number of aliphatic hydroxyl groups excluding tert-OH is 1. The zero-order valence-corrected chi connectivity index (χ0v) is 24.8. The number of aliphatic hydroxyl groups is 1. The van der Waals surface area contributed by atoms with Crippen LogP contribution < -0.4 is 24.3 Å². The lowest BCUT2D eigenvalue weighted by Gasteiger charge is -2.43. The Morgan fingerprint density at radius 3 is 2.00 bits per heavy atom. The van der Waals surface area contributed by atoms with E-state index in [4.69, 9.17) is 24.1 Å². The molecule has 3 aromatic rings. The minimum Gasteiger partial charge on any atom is -0.493 e. The predicted molar refractivity (Wildman–Crippen MR) is 162 cm³/mol. The number of hydrogen-bond donors (Lipinski definition) is 2. The summed E-state index contributed by atoms with van der Waals surface area (Å²) in [6, 6.07) is 20.2. The summed E-state index contributed by atoms with van der Waals surface area (Å²) in [6.45, 7) is 2.94. The van der Waals surface area contributed by atoms with Crippen LogP contribution in [0.25, 0.3) is 5.57 Å². The van der Waals surface area contributed by atoms with Crippen molar-refractivity contribution in [2.24, 2.45) is 0 Å². The third kappa shape index (κ3) is 5.67. The maximum atomic E-state index is 7.00. The summed E-state index contributed by atoms with van der Waals surface area (Å²) in [7, 11) is 7.86. The maximum Gasteiger partial charge on any atom is 0.161 e. The van der Waals surface area contributed by atoms with Gasteiger partial charge in [-0.25, -0.2) is 0 Å². The van der Waals surface area contributed by atoms with E-state index in [9.17, 15) is 0 Å². The number of benzene rings is 3. The molecule has 2 unspecified atom stereocenters. The summed E-state index contributed by atoms with van der Waals surface area (Å²) in [5.74, 6) is 3.21. The number of ether oxygens (including phenoxy) is 4. The van der Waals surface area contributed by atoms with Crippen molar-refractivity contribution < 1.29 is 24.1 Å². The minimum absolute atomic E-state index is 0.224. The first-order valence-corrected chi connectivity index (χ1v) is 14.3. The van der Waals surface area contributed by atoms with Gasteiger partial charge >= 0.3 is 0 Å². The molecule has 3 aliphatic rings. The molecule has 7 heteroatoms. The summed E-state index contributed by atoms with van der Waals surface area (Å²) in [4.78, 5) is 2.65. The molecule has 3 aliphatic heterocycles. The van der Waals surface area contributed by atoms with Crippen molar-refractivity contribution >= 4 is 5.57 Å². The Labute approximate surface area is 243 Å². The van der Waals surface area contributed by atoms with Gasteiger partial charge in [0.25, 0.3) is 0 Å². The number of hydrogen-bond acceptors (Lipinski definition) is 7. The average molecular weight is 559 g/mol. The molecule has 0 aliphatic carbocycles. The molecule has 0 spiro atoms. The van der Waals surface area contributed by atoms with Crippen molar-refractivity contribution in [2.45, 2.75) is 37.8 Å². The molecule has 3 heterocycles. The Morgan fingerprint density at radius 1 is 0.780 bits per heavy atom. The third-order valence-corrected chi connectivity index (χ3v) is 8.72. The highest BCUT2D eigenvalue weighted by molar-refractivity contribution is 5.72. The molecular weight excluding hydrogens is 516 g/mol. The van der Waals surface area contributed by atoms with E-state index in [1.165, 1.54) is 39.0 Å². The highest BCUT2D eigenvalue weighted by Gasteiger charge is 2.36. The smallest absolute Gasteiger partial charge is 0.161 e. The highest BCUT2D eigenvalue weighted by atomic mass is 16.5. The van der Waals surface area contributed by atoms with Crippen molar-refractivity contribution in [3.05, 3.63) is 88.0 Å². The zero-order chi connectivity index (χ0) is 28.9. The van der Waals surface area contributed by atoms with Gasteiger partial charge in [0, 0.05) is 32.3 Å². The summed E-state index contributed by atoms with van der Waals surface area (Å²) in [5, 5.41) is 10.8. The Hall–Kier alpha value is -3.52. The van der Waals surface area contributed by atoms with Crippen LogP contribution in [0.4, 0.5) is 0 Å². The second kappa shape index (κ2) is 13.0. The van der Waals surface area contributed by atoms with Crippen molar-refractivity contribution in [3.63, 3.8) is 0 Å². The Bertz CT molecular complexity index is 1390. The predicted octanol–water partition coefficient (Wildman–Crippen LogP) is 5.36. The topological polar surface area (TPSA) is 72.4 Å². The fraction of sp³-hybridized carbons (Fsp3) is 0.412. The van der Waals surface area contributed by atoms with Crippen molar-refractivity contribution in [1.82, 2.24) is 10.2 Å². The van der Waals surface area contributed by atoms with Crippen LogP contribution in [0.2, 0.25) is 0 Å². The monoisotopic (exact) mass is 558 g/mol. The first kappa shape index (κ1) is 29.0. The zero-order valence-electron chi connectivity index (χ0n) is 24.8. The second-order valence-corrected chi connectivity index (χ2v) is 10.7. The lowest BCUT2D eigenvalue weighted by molar-refractivity contribution is 0.194. The molecule has 2 atom stereocenters. The molecule has 0 saturated heterocycles. The first-order valence-electron chi connectivity index (χ1n) is 14.3. The largest absolute Gasteiger partial charge is 0.493 e. The van der Waals surface area contributed by atoms with Gasteiger partial charge in [-0.1, -0.05) is 35.9 Å². The quantitative estimate of drug-likeness (QED) is 0.404. The van der Waals surface area contributed by atoms with Crippen molar-refractivity contribution in [3.8, 4) is 23.0 Å². The Balaban J connectivity index is 0.00000165. The van der Waals surface area contributed by atoms with Crippen LogP contribution in [-0.4, -0.2) is 65.2 Å².